The molecule has 0 aliphatic rings. The summed E-state index contributed by atoms with van der Waals surface area (Å²) in [5, 5.41) is 0. The normalized spacial score (nSPS) is 13.6. The fourth-order valence-corrected chi connectivity index (χ4v) is 3.52. The smallest absolute Gasteiger partial charge is 0.183 e. The van der Waals surface area contributed by atoms with Crippen LogP contribution < -0.4 is 0 Å². The van der Waals surface area contributed by atoms with Gasteiger partial charge in [-0.2, -0.15) is 0 Å². The van der Waals surface area contributed by atoms with Crippen LogP contribution >= 0.6 is 0 Å². The number of hydrogen-bond donors (Lipinski definition) is 0. The van der Waals surface area contributed by atoms with E-state index in [4.69, 9.17) is 9.16 Å². The van der Waals surface area contributed by atoms with Crippen molar-refractivity contribution in [2.45, 2.75) is 67.1 Å². The van der Waals surface area contributed by atoms with E-state index in [1.807, 2.05) is 0 Å². The Bertz CT molecular complexity index is 221. The van der Waals surface area contributed by atoms with E-state index < -0.39 is 8.32 Å². The van der Waals surface area contributed by atoms with Crippen LogP contribution in [0.2, 0.25) is 19.6 Å². The molecule has 0 aromatic rings. The molecular weight excluding hydrogens is 252 g/mol. The Hall–Kier alpha value is 0.137. The van der Waals surface area contributed by atoms with E-state index in [1.165, 1.54) is 12.8 Å². The van der Waals surface area contributed by atoms with E-state index >= 15 is 0 Å². The molecule has 0 amide bonds. The van der Waals surface area contributed by atoms with E-state index in [-0.39, 0.29) is 5.41 Å². The third-order valence-electron chi connectivity index (χ3n) is 3.11. The molecule has 116 valence electrons. The van der Waals surface area contributed by atoms with Gasteiger partial charge in [-0.15, -0.1) is 0 Å². The highest BCUT2D eigenvalue weighted by atomic mass is 28.4. The minimum Gasteiger partial charge on any atom is -0.417 e. The van der Waals surface area contributed by atoms with Gasteiger partial charge in [0.1, 0.15) is 0 Å². The van der Waals surface area contributed by atoms with Crippen molar-refractivity contribution >= 4 is 8.32 Å². The molecule has 0 aliphatic carbocycles. The molecule has 0 rings (SSSR count). The van der Waals surface area contributed by atoms with E-state index in [9.17, 15) is 0 Å². The fourth-order valence-electron chi connectivity index (χ4n) is 2.78. The number of hydrogen-bond acceptors (Lipinski definition) is 2. The Morgan fingerprint density at radius 2 is 1.37 bits per heavy atom. The first-order valence-electron chi connectivity index (χ1n) is 7.82. The lowest BCUT2D eigenvalue weighted by Crippen LogP contribution is -2.40. The molecule has 0 saturated carbocycles. The van der Waals surface area contributed by atoms with Crippen molar-refractivity contribution in [3.8, 4) is 0 Å². The van der Waals surface area contributed by atoms with Crippen LogP contribution in [0.4, 0.5) is 0 Å². The molecule has 0 aromatic carbocycles. The summed E-state index contributed by atoms with van der Waals surface area (Å²) in [5.41, 5.74) is 0.193. The molecule has 2 nitrogen and oxygen atoms in total. The molecule has 0 atom stereocenters. The standard InChI is InChI=1S/C16H36O2Si/c1-9-17-12-16(10-14(2)3,11-15(4)5)13-18-19(6,7)8/h14-15H,9-13H2,1-8H3. The average molecular weight is 289 g/mol. The quantitative estimate of drug-likeness (QED) is 0.529. The molecule has 0 aliphatic heterocycles. The third kappa shape index (κ3) is 9.64. The van der Waals surface area contributed by atoms with Gasteiger partial charge in [0.15, 0.2) is 8.32 Å². The summed E-state index contributed by atoms with van der Waals surface area (Å²) in [6.07, 6.45) is 2.38. The maximum Gasteiger partial charge on any atom is 0.183 e. The molecule has 0 N–H and O–H groups in total. The lowest BCUT2D eigenvalue weighted by Gasteiger charge is -2.38. The van der Waals surface area contributed by atoms with Crippen LogP contribution in [0.25, 0.3) is 0 Å². The van der Waals surface area contributed by atoms with Crippen LogP contribution in [-0.4, -0.2) is 28.1 Å². The van der Waals surface area contributed by atoms with Crippen LogP contribution in [0.5, 0.6) is 0 Å². The monoisotopic (exact) mass is 288 g/mol. The summed E-state index contributed by atoms with van der Waals surface area (Å²) in [6.45, 7) is 20.6. The van der Waals surface area contributed by atoms with Crippen LogP contribution in [-0.2, 0) is 9.16 Å². The maximum absolute atomic E-state index is 6.25. The van der Waals surface area contributed by atoms with Crippen LogP contribution in [0.15, 0.2) is 0 Å². The summed E-state index contributed by atoms with van der Waals surface area (Å²) < 4.78 is 12.1. The predicted molar refractivity (Wildman–Crippen MR) is 87.1 cm³/mol. The maximum atomic E-state index is 6.25. The van der Waals surface area contributed by atoms with Crippen LogP contribution in [0.3, 0.4) is 0 Å². The SMILES string of the molecule is CCOCC(CO[Si](C)(C)C)(CC(C)C)CC(C)C. The second-order valence-corrected chi connectivity index (χ2v) is 12.2. The summed E-state index contributed by atoms with van der Waals surface area (Å²) in [7, 11) is -1.46. The van der Waals surface area contributed by atoms with Crippen molar-refractivity contribution in [3.63, 3.8) is 0 Å². The van der Waals surface area contributed by atoms with Crippen LogP contribution in [0.1, 0.15) is 47.5 Å². The Morgan fingerprint density at radius 3 is 1.68 bits per heavy atom. The van der Waals surface area contributed by atoms with Crippen molar-refractivity contribution in [1.82, 2.24) is 0 Å². The average Bonchev–Trinajstić information content (AvgIpc) is 2.21. The van der Waals surface area contributed by atoms with Gasteiger partial charge >= 0.3 is 0 Å². The topological polar surface area (TPSA) is 18.5 Å². The molecule has 19 heavy (non-hydrogen) atoms. The van der Waals surface area contributed by atoms with Gasteiger partial charge in [-0.3, -0.25) is 0 Å². The van der Waals surface area contributed by atoms with Crippen molar-refractivity contribution in [2.24, 2.45) is 17.3 Å². The summed E-state index contributed by atoms with van der Waals surface area (Å²) in [6, 6.07) is 0. The number of ether oxygens (including phenoxy) is 1. The van der Waals surface area contributed by atoms with Crippen LogP contribution in [0, 0.1) is 17.3 Å². The summed E-state index contributed by atoms with van der Waals surface area (Å²) in [4.78, 5) is 0. The number of rotatable bonds is 10. The predicted octanol–water partition coefficient (Wildman–Crippen LogP) is 4.95. The molecule has 0 bridgehead atoms. The molecule has 0 aromatic heterocycles. The minimum absolute atomic E-state index is 0.193. The zero-order valence-corrected chi connectivity index (χ0v) is 15.5. The van der Waals surface area contributed by atoms with Crippen molar-refractivity contribution in [1.29, 1.82) is 0 Å². The first-order chi connectivity index (χ1) is 8.60. The van der Waals surface area contributed by atoms with Gasteiger partial charge in [-0.05, 0) is 51.2 Å². The van der Waals surface area contributed by atoms with Gasteiger partial charge in [-0.1, -0.05) is 27.7 Å². The molecule has 0 unspecified atom stereocenters. The lowest BCUT2D eigenvalue weighted by atomic mass is 9.75. The highest BCUT2D eigenvalue weighted by Crippen LogP contribution is 2.35. The Morgan fingerprint density at radius 1 is 0.895 bits per heavy atom. The highest BCUT2D eigenvalue weighted by molar-refractivity contribution is 6.69. The van der Waals surface area contributed by atoms with E-state index in [0.717, 1.165) is 19.8 Å². The Labute approximate surface area is 122 Å². The van der Waals surface area contributed by atoms with E-state index in [1.54, 1.807) is 0 Å². The third-order valence-corrected chi connectivity index (χ3v) is 4.12. The zero-order valence-electron chi connectivity index (χ0n) is 14.5. The molecule has 0 radical (unpaired) electrons. The molecule has 3 heteroatoms. The zero-order chi connectivity index (χ0) is 15.1. The molecule has 0 spiro atoms. The van der Waals surface area contributed by atoms with Crippen molar-refractivity contribution in [2.75, 3.05) is 19.8 Å². The van der Waals surface area contributed by atoms with Gasteiger partial charge in [0.2, 0.25) is 0 Å². The largest absolute Gasteiger partial charge is 0.417 e. The van der Waals surface area contributed by atoms with E-state index in [2.05, 4.69) is 54.3 Å². The van der Waals surface area contributed by atoms with Crippen molar-refractivity contribution < 1.29 is 9.16 Å². The van der Waals surface area contributed by atoms with Gasteiger partial charge in [-0.25, -0.2) is 0 Å². The first-order valence-corrected chi connectivity index (χ1v) is 11.2. The fraction of sp³-hybridized carbons (Fsp3) is 1.00. The second kappa shape index (κ2) is 8.43. The summed E-state index contributed by atoms with van der Waals surface area (Å²) >= 11 is 0. The van der Waals surface area contributed by atoms with Gasteiger partial charge in [0.25, 0.3) is 0 Å². The lowest BCUT2D eigenvalue weighted by molar-refractivity contribution is -0.00999. The highest BCUT2D eigenvalue weighted by Gasteiger charge is 2.34. The minimum atomic E-state index is -1.46. The van der Waals surface area contributed by atoms with E-state index in [0.29, 0.717) is 11.8 Å². The van der Waals surface area contributed by atoms with Gasteiger partial charge in [0, 0.05) is 18.6 Å². The Balaban J connectivity index is 4.87. The summed E-state index contributed by atoms with van der Waals surface area (Å²) in [5.74, 6) is 1.37. The van der Waals surface area contributed by atoms with Crippen molar-refractivity contribution in [3.05, 3.63) is 0 Å². The van der Waals surface area contributed by atoms with Gasteiger partial charge in [0.05, 0.1) is 6.61 Å². The Kier molecular flexibility index (Phi) is 8.49. The molecule has 0 heterocycles. The second-order valence-electron chi connectivity index (χ2n) is 7.73. The molecule has 0 saturated heterocycles. The molecular formula is C16H36O2Si. The first kappa shape index (κ1) is 19.1. The van der Waals surface area contributed by atoms with Gasteiger partial charge < -0.3 is 9.16 Å². The molecule has 0 fully saturated rings.